The van der Waals surface area contributed by atoms with Crippen LogP contribution < -0.4 is 0 Å². The van der Waals surface area contributed by atoms with Crippen molar-refractivity contribution in [2.24, 2.45) is 0 Å². The SMILES string of the molecule is CC1=CCCN(C(=O)c2cscn2)C1. The van der Waals surface area contributed by atoms with Gasteiger partial charge in [-0.2, -0.15) is 0 Å². The van der Waals surface area contributed by atoms with E-state index in [9.17, 15) is 4.79 Å². The van der Waals surface area contributed by atoms with E-state index in [0.29, 0.717) is 5.69 Å². The number of hydrogen-bond donors (Lipinski definition) is 0. The highest BCUT2D eigenvalue weighted by molar-refractivity contribution is 7.07. The molecule has 74 valence electrons. The molecule has 0 unspecified atom stereocenters. The second-order valence-corrected chi connectivity index (χ2v) is 4.16. The zero-order valence-corrected chi connectivity index (χ0v) is 8.88. The summed E-state index contributed by atoms with van der Waals surface area (Å²) >= 11 is 1.46. The van der Waals surface area contributed by atoms with Crippen molar-refractivity contribution >= 4 is 17.2 Å². The fourth-order valence-electron chi connectivity index (χ4n) is 1.56. The molecule has 0 bridgehead atoms. The molecule has 1 amide bonds. The van der Waals surface area contributed by atoms with E-state index in [4.69, 9.17) is 0 Å². The van der Waals surface area contributed by atoms with Gasteiger partial charge in [0.05, 0.1) is 5.51 Å². The smallest absolute Gasteiger partial charge is 0.273 e. The molecule has 1 aromatic rings. The molecule has 3 nitrogen and oxygen atoms in total. The van der Waals surface area contributed by atoms with Crippen molar-refractivity contribution in [3.8, 4) is 0 Å². The maximum atomic E-state index is 11.8. The zero-order valence-electron chi connectivity index (χ0n) is 8.06. The highest BCUT2D eigenvalue weighted by atomic mass is 32.1. The first-order chi connectivity index (χ1) is 6.77. The topological polar surface area (TPSA) is 33.2 Å². The number of hydrogen-bond acceptors (Lipinski definition) is 3. The summed E-state index contributed by atoms with van der Waals surface area (Å²) in [6, 6.07) is 0. The molecular formula is C10H12N2OS. The summed E-state index contributed by atoms with van der Waals surface area (Å²) in [5.74, 6) is 0.0544. The summed E-state index contributed by atoms with van der Waals surface area (Å²) in [5, 5.41) is 1.80. The summed E-state index contributed by atoms with van der Waals surface area (Å²) in [7, 11) is 0. The molecule has 1 aromatic heterocycles. The van der Waals surface area contributed by atoms with Crippen LogP contribution in [0.15, 0.2) is 22.5 Å². The number of carbonyl (C=O) groups excluding carboxylic acids is 1. The average Bonchev–Trinajstić information content (AvgIpc) is 2.69. The molecule has 0 saturated carbocycles. The van der Waals surface area contributed by atoms with E-state index < -0.39 is 0 Å². The third kappa shape index (κ3) is 1.85. The van der Waals surface area contributed by atoms with Gasteiger partial charge in [-0.05, 0) is 13.3 Å². The molecule has 0 fully saturated rings. The lowest BCUT2D eigenvalue weighted by atomic mass is 10.1. The molecule has 0 atom stereocenters. The molecule has 2 rings (SSSR count). The van der Waals surface area contributed by atoms with Gasteiger partial charge in [0.1, 0.15) is 5.69 Å². The minimum Gasteiger partial charge on any atom is -0.333 e. The Balaban J connectivity index is 2.10. The minimum atomic E-state index is 0.0544. The summed E-state index contributed by atoms with van der Waals surface area (Å²) < 4.78 is 0. The summed E-state index contributed by atoms with van der Waals surface area (Å²) in [6.07, 6.45) is 3.15. The quantitative estimate of drug-likeness (QED) is 0.661. The van der Waals surface area contributed by atoms with Gasteiger partial charge in [-0.25, -0.2) is 4.98 Å². The number of aromatic nitrogens is 1. The first-order valence-electron chi connectivity index (χ1n) is 4.60. The molecule has 0 radical (unpaired) electrons. The molecule has 0 aromatic carbocycles. The van der Waals surface area contributed by atoms with E-state index in [1.54, 1.807) is 10.9 Å². The maximum absolute atomic E-state index is 11.8. The van der Waals surface area contributed by atoms with Crippen LogP contribution in [0.5, 0.6) is 0 Å². The van der Waals surface area contributed by atoms with Crippen molar-refractivity contribution in [1.82, 2.24) is 9.88 Å². The zero-order chi connectivity index (χ0) is 9.97. The highest BCUT2D eigenvalue weighted by Gasteiger charge is 2.18. The van der Waals surface area contributed by atoms with Crippen LogP contribution in [0.25, 0.3) is 0 Å². The van der Waals surface area contributed by atoms with Gasteiger partial charge < -0.3 is 4.90 Å². The van der Waals surface area contributed by atoms with Crippen LogP contribution in [0.1, 0.15) is 23.8 Å². The standard InChI is InChI=1S/C10H12N2OS/c1-8-3-2-4-12(5-8)10(13)9-6-14-7-11-9/h3,6-7H,2,4-5H2,1H3. The van der Waals surface area contributed by atoms with Crippen LogP contribution >= 0.6 is 11.3 Å². The molecule has 1 aliphatic rings. The Morgan fingerprint density at radius 3 is 3.14 bits per heavy atom. The number of nitrogens with zero attached hydrogens (tertiary/aromatic N) is 2. The van der Waals surface area contributed by atoms with Crippen molar-refractivity contribution in [3.05, 3.63) is 28.2 Å². The fraction of sp³-hybridized carbons (Fsp3) is 0.400. The van der Waals surface area contributed by atoms with Gasteiger partial charge >= 0.3 is 0 Å². The second-order valence-electron chi connectivity index (χ2n) is 3.44. The predicted molar refractivity (Wildman–Crippen MR) is 56.4 cm³/mol. The van der Waals surface area contributed by atoms with Crippen LogP contribution in [-0.4, -0.2) is 28.9 Å². The van der Waals surface area contributed by atoms with Crippen molar-refractivity contribution in [2.75, 3.05) is 13.1 Å². The van der Waals surface area contributed by atoms with E-state index >= 15 is 0 Å². The number of rotatable bonds is 1. The first kappa shape index (κ1) is 9.40. The van der Waals surface area contributed by atoms with Gasteiger partial charge in [-0.3, -0.25) is 4.79 Å². The normalized spacial score (nSPS) is 16.6. The van der Waals surface area contributed by atoms with E-state index in [1.807, 2.05) is 4.90 Å². The first-order valence-corrected chi connectivity index (χ1v) is 5.55. The average molecular weight is 208 g/mol. The van der Waals surface area contributed by atoms with Crippen molar-refractivity contribution in [1.29, 1.82) is 0 Å². The van der Waals surface area contributed by atoms with Gasteiger partial charge in [0.25, 0.3) is 5.91 Å². The monoisotopic (exact) mass is 208 g/mol. The van der Waals surface area contributed by atoms with Gasteiger partial charge in [0, 0.05) is 18.5 Å². The third-order valence-electron chi connectivity index (χ3n) is 2.27. The molecule has 1 aliphatic heterocycles. The molecule has 14 heavy (non-hydrogen) atoms. The number of thiazole rings is 1. The van der Waals surface area contributed by atoms with E-state index in [2.05, 4.69) is 18.0 Å². The molecule has 0 spiro atoms. The Kier molecular flexibility index (Phi) is 2.63. The molecule has 0 N–H and O–H groups in total. The van der Waals surface area contributed by atoms with Crippen LogP contribution in [0.2, 0.25) is 0 Å². The number of amides is 1. The van der Waals surface area contributed by atoms with Crippen LogP contribution in [0.4, 0.5) is 0 Å². The van der Waals surface area contributed by atoms with Crippen molar-refractivity contribution in [2.45, 2.75) is 13.3 Å². The van der Waals surface area contributed by atoms with Crippen LogP contribution in [-0.2, 0) is 0 Å². The summed E-state index contributed by atoms with van der Waals surface area (Å²) in [5.41, 5.74) is 3.53. The Hall–Kier alpha value is -1.16. The Labute approximate surface area is 87.1 Å². The largest absolute Gasteiger partial charge is 0.333 e. The highest BCUT2D eigenvalue weighted by Crippen LogP contribution is 2.12. The van der Waals surface area contributed by atoms with E-state index in [-0.39, 0.29) is 5.91 Å². The molecular weight excluding hydrogens is 196 g/mol. The fourth-order valence-corrected chi connectivity index (χ4v) is 2.09. The van der Waals surface area contributed by atoms with E-state index in [0.717, 1.165) is 19.5 Å². The predicted octanol–water partition coefficient (Wildman–Crippen LogP) is 1.94. The molecule has 0 saturated heterocycles. The Bertz CT molecular complexity index is 356. The number of carbonyl (C=O) groups is 1. The van der Waals surface area contributed by atoms with Crippen molar-refractivity contribution < 1.29 is 4.79 Å². The van der Waals surface area contributed by atoms with Crippen LogP contribution in [0, 0.1) is 0 Å². The van der Waals surface area contributed by atoms with Crippen LogP contribution in [0.3, 0.4) is 0 Å². The third-order valence-corrected chi connectivity index (χ3v) is 2.86. The summed E-state index contributed by atoms with van der Waals surface area (Å²) in [6.45, 7) is 3.62. The minimum absolute atomic E-state index is 0.0544. The van der Waals surface area contributed by atoms with E-state index in [1.165, 1.54) is 16.9 Å². The van der Waals surface area contributed by atoms with Gasteiger partial charge in [-0.15, -0.1) is 11.3 Å². The summed E-state index contributed by atoms with van der Waals surface area (Å²) in [4.78, 5) is 17.7. The Morgan fingerprint density at radius 2 is 2.50 bits per heavy atom. The second kappa shape index (κ2) is 3.92. The van der Waals surface area contributed by atoms with Crippen molar-refractivity contribution in [3.63, 3.8) is 0 Å². The lowest BCUT2D eigenvalue weighted by Gasteiger charge is -2.25. The van der Waals surface area contributed by atoms with Gasteiger partial charge in [0.15, 0.2) is 0 Å². The molecule has 0 aliphatic carbocycles. The lowest BCUT2D eigenvalue weighted by Crippen LogP contribution is -2.35. The van der Waals surface area contributed by atoms with Gasteiger partial charge in [0.2, 0.25) is 0 Å². The van der Waals surface area contributed by atoms with Gasteiger partial charge in [-0.1, -0.05) is 11.6 Å². The molecule has 2 heterocycles. The molecule has 4 heteroatoms. The maximum Gasteiger partial charge on any atom is 0.273 e. The Morgan fingerprint density at radius 1 is 1.64 bits per heavy atom. The lowest BCUT2D eigenvalue weighted by molar-refractivity contribution is 0.0761.